The van der Waals surface area contributed by atoms with E-state index in [1.54, 1.807) is 7.11 Å². The summed E-state index contributed by atoms with van der Waals surface area (Å²) in [7, 11) is 1.65. The molecule has 1 fully saturated rings. The molecule has 0 saturated carbocycles. The highest BCUT2D eigenvalue weighted by atomic mass is 35.5. The third-order valence-electron chi connectivity index (χ3n) is 3.66. The topological polar surface area (TPSA) is 50.4 Å². The molecule has 124 valence electrons. The average Bonchev–Trinajstić information content (AvgIpc) is 2.47. The first kappa shape index (κ1) is 19.1. The van der Waals surface area contributed by atoms with Gasteiger partial charge in [-0.15, -0.1) is 12.4 Å². The number of amides is 1. The molecule has 0 aromatic heterocycles. The first-order chi connectivity index (χ1) is 10.0. The molecule has 4 nitrogen and oxygen atoms in total. The highest BCUT2D eigenvalue weighted by Crippen LogP contribution is 2.29. The van der Waals surface area contributed by atoms with Gasteiger partial charge in [-0.3, -0.25) is 4.79 Å². The second-order valence-corrected chi connectivity index (χ2v) is 6.95. The van der Waals surface area contributed by atoms with Crippen molar-refractivity contribution in [3.05, 3.63) is 29.8 Å². The maximum Gasteiger partial charge on any atom is 0.222 e. The number of benzene rings is 1. The van der Waals surface area contributed by atoms with Crippen molar-refractivity contribution in [2.45, 2.75) is 31.8 Å². The van der Waals surface area contributed by atoms with Crippen molar-refractivity contribution in [1.82, 2.24) is 10.6 Å². The SMILES string of the molecule is COc1ccccc1C(C)(C)NC(=O)CC1CSCCN1.Cl. The summed E-state index contributed by atoms with van der Waals surface area (Å²) in [4.78, 5) is 12.3. The van der Waals surface area contributed by atoms with Crippen LogP contribution in [0.25, 0.3) is 0 Å². The number of rotatable bonds is 5. The van der Waals surface area contributed by atoms with Crippen molar-refractivity contribution in [3.63, 3.8) is 0 Å². The van der Waals surface area contributed by atoms with E-state index in [1.165, 1.54) is 0 Å². The van der Waals surface area contributed by atoms with Gasteiger partial charge in [0.25, 0.3) is 0 Å². The number of methoxy groups -OCH3 is 1. The Morgan fingerprint density at radius 1 is 1.45 bits per heavy atom. The molecule has 0 aliphatic carbocycles. The van der Waals surface area contributed by atoms with E-state index >= 15 is 0 Å². The van der Waals surface area contributed by atoms with E-state index < -0.39 is 5.54 Å². The van der Waals surface area contributed by atoms with Crippen molar-refractivity contribution in [1.29, 1.82) is 0 Å². The molecule has 1 aliphatic rings. The number of nitrogens with one attached hydrogen (secondary N) is 2. The third-order valence-corrected chi connectivity index (χ3v) is 4.79. The monoisotopic (exact) mass is 344 g/mol. The molecule has 1 unspecified atom stereocenters. The summed E-state index contributed by atoms with van der Waals surface area (Å²) < 4.78 is 5.40. The summed E-state index contributed by atoms with van der Waals surface area (Å²) in [5, 5.41) is 6.52. The zero-order valence-electron chi connectivity index (χ0n) is 13.3. The van der Waals surface area contributed by atoms with Gasteiger partial charge in [-0.2, -0.15) is 11.8 Å². The van der Waals surface area contributed by atoms with E-state index in [0.717, 1.165) is 29.4 Å². The van der Waals surface area contributed by atoms with E-state index in [1.807, 2.05) is 49.9 Å². The van der Waals surface area contributed by atoms with Gasteiger partial charge in [0.05, 0.1) is 12.6 Å². The smallest absolute Gasteiger partial charge is 0.222 e. The fourth-order valence-electron chi connectivity index (χ4n) is 2.60. The Balaban J connectivity index is 0.00000242. The molecular formula is C16H25ClN2O2S. The number of ether oxygens (including phenoxy) is 1. The van der Waals surface area contributed by atoms with Crippen molar-refractivity contribution >= 4 is 30.1 Å². The molecule has 1 atom stereocenters. The lowest BCUT2D eigenvalue weighted by Gasteiger charge is -2.30. The average molecular weight is 345 g/mol. The third kappa shape index (κ3) is 5.07. The molecule has 1 aromatic rings. The normalized spacial score (nSPS) is 18.2. The Labute approximate surface area is 143 Å². The zero-order chi connectivity index (χ0) is 15.3. The lowest BCUT2D eigenvalue weighted by molar-refractivity contribution is -0.123. The standard InChI is InChI=1S/C16H24N2O2S.ClH/c1-16(2,13-6-4-5-7-14(13)20-3)18-15(19)10-12-11-21-9-8-17-12;/h4-7,12,17H,8-11H2,1-3H3,(H,18,19);1H. The quantitative estimate of drug-likeness (QED) is 0.862. The summed E-state index contributed by atoms with van der Waals surface area (Å²) in [6.45, 7) is 5.00. The number of thioether (sulfide) groups is 1. The van der Waals surface area contributed by atoms with Crippen molar-refractivity contribution < 1.29 is 9.53 Å². The van der Waals surface area contributed by atoms with Gasteiger partial charge < -0.3 is 15.4 Å². The predicted molar refractivity (Wildman–Crippen MR) is 95.1 cm³/mol. The number of halogens is 1. The van der Waals surface area contributed by atoms with Gasteiger partial charge in [0.1, 0.15) is 5.75 Å². The molecule has 2 N–H and O–H groups in total. The maximum atomic E-state index is 12.3. The van der Waals surface area contributed by atoms with Gasteiger partial charge in [-0.1, -0.05) is 18.2 Å². The second-order valence-electron chi connectivity index (χ2n) is 5.80. The van der Waals surface area contributed by atoms with Crippen LogP contribution in [0.5, 0.6) is 5.75 Å². The van der Waals surface area contributed by atoms with Gasteiger partial charge in [0.15, 0.2) is 0 Å². The van der Waals surface area contributed by atoms with Crippen LogP contribution in [-0.4, -0.2) is 37.1 Å². The molecule has 1 aromatic carbocycles. The molecule has 6 heteroatoms. The van der Waals surface area contributed by atoms with E-state index in [0.29, 0.717) is 6.42 Å². The Kier molecular flexibility index (Phi) is 7.53. The fourth-order valence-corrected chi connectivity index (χ4v) is 3.55. The summed E-state index contributed by atoms with van der Waals surface area (Å²) in [5.41, 5.74) is 0.540. The second kappa shape index (κ2) is 8.65. The summed E-state index contributed by atoms with van der Waals surface area (Å²) in [6.07, 6.45) is 0.519. The molecule has 2 rings (SSSR count). The largest absolute Gasteiger partial charge is 0.496 e. The van der Waals surface area contributed by atoms with Crippen molar-refractivity contribution in [3.8, 4) is 5.75 Å². The van der Waals surface area contributed by atoms with Crippen LogP contribution < -0.4 is 15.4 Å². The van der Waals surface area contributed by atoms with Crippen molar-refractivity contribution in [2.75, 3.05) is 25.2 Å². The van der Waals surface area contributed by atoms with Crippen LogP contribution in [0.2, 0.25) is 0 Å². The Hall–Kier alpha value is -0.910. The first-order valence-electron chi connectivity index (χ1n) is 7.28. The van der Waals surface area contributed by atoms with Gasteiger partial charge in [-0.05, 0) is 19.9 Å². The molecule has 1 saturated heterocycles. The van der Waals surface area contributed by atoms with Gasteiger partial charge in [0.2, 0.25) is 5.91 Å². The van der Waals surface area contributed by atoms with E-state index in [4.69, 9.17) is 4.74 Å². The van der Waals surface area contributed by atoms with Crippen LogP contribution in [0.3, 0.4) is 0 Å². The van der Waals surface area contributed by atoms with E-state index in [2.05, 4.69) is 10.6 Å². The molecule has 0 radical (unpaired) electrons. The van der Waals surface area contributed by atoms with Crippen LogP contribution in [0.4, 0.5) is 0 Å². The number of hydrogen-bond acceptors (Lipinski definition) is 4. The van der Waals surface area contributed by atoms with Gasteiger partial charge >= 0.3 is 0 Å². The number of para-hydroxylation sites is 1. The van der Waals surface area contributed by atoms with Crippen LogP contribution >= 0.6 is 24.2 Å². The Morgan fingerprint density at radius 2 is 2.18 bits per heavy atom. The Bertz CT molecular complexity index is 491. The molecule has 0 spiro atoms. The first-order valence-corrected chi connectivity index (χ1v) is 8.44. The summed E-state index contributed by atoms with van der Waals surface area (Å²) in [6, 6.07) is 8.09. The van der Waals surface area contributed by atoms with Gasteiger partial charge in [-0.25, -0.2) is 0 Å². The lowest BCUT2D eigenvalue weighted by atomic mass is 9.93. The maximum absolute atomic E-state index is 12.3. The van der Waals surface area contributed by atoms with Crippen LogP contribution in [-0.2, 0) is 10.3 Å². The van der Waals surface area contributed by atoms with Crippen LogP contribution in [0, 0.1) is 0 Å². The molecule has 0 bridgehead atoms. The molecule has 1 heterocycles. The Morgan fingerprint density at radius 3 is 2.82 bits per heavy atom. The van der Waals surface area contributed by atoms with E-state index in [-0.39, 0.29) is 24.4 Å². The number of carbonyl (C=O) groups is 1. The minimum absolute atomic E-state index is 0. The van der Waals surface area contributed by atoms with E-state index in [9.17, 15) is 4.79 Å². The highest BCUT2D eigenvalue weighted by molar-refractivity contribution is 7.99. The van der Waals surface area contributed by atoms with Crippen LogP contribution in [0.15, 0.2) is 24.3 Å². The fraction of sp³-hybridized carbons (Fsp3) is 0.562. The minimum atomic E-state index is -0.453. The minimum Gasteiger partial charge on any atom is -0.496 e. The highest BCUT2D eigenvalue weighted by Gasteiger charge is 2.27. The predicted octanol–water partition coefficient (Wildman–Crippen LogP) is 2.56. The molecular weight excluding hydrogens is 320 g/mol. The summed E-state index contributed by atoms with van der Waals surface area (Å²) in [5.74, 6) is 3.01. The molecule has 22 heavy (non-hydrogen) atoms. The summed E-state index contributed by atoms with van der Waals surface area (Å²) >= 11 is 1.90. The zero-order valence-corrected chi connectivity index (χ0v) is 15.0. The molecule has 1 amide bonds. The molecule has 1 aliphatic heterocycles. The van der Waals surface area contributed by atoms with Gasteiger partial charge in [0, 0.05) is 36.1 Å². The van der Waals surface area contributed by atoms with Crippen molar-refractivity contribution in [2.24, 2.45) is 0 Å². The lowest BCUT2D eigenvalue weighted by Crippen LogP contribution is -2.46. The number of hydrogen-bond donors (Lipinski definition) is 2. The number of carbonyl (C=O) groups excluding carboxylic acids is 1. The van der Waals surface area contributed by atoms with Crippen LogP contribution in [0.1, 0.15) is 25.8 Å².